The number of methoxy groups -OCH3 is 1. The van der Waals surface area contributed by atoms with Crippen LogP contribution >= 0.6 is 0 Å². The number of carboxylic acid groups (broad SMARTS) is 1. The van der Waals surface area contributed by atoms with E-state index in [0.717, 1.165) is 50.4 Å². The zero-order valence-electron chi connectivity index (χ0n) is 28.9. The maximum atomic E-state index is 13.7. The van der Waals surface area contributed by atoms with Crippen molar-refractivity contribution < 1.29 is 43.5 Å². The van der Waals surface area contributed by atoms with Crippen LogP contribution in [0, 0.1) is 45.8 Å². The molecule has 5 aliphatic rings. The highest BCUT2D eigenvalue weighted by Crippen LogP contribution is 2.82. The third kappa shape index (κ3) is 5.39. The van der Waals surface area contributed by atoms with Gasteiger partial charge >= 0.3 is 11.9 Å². The highest BCUT2D eigenvalue weighted by atomic mass is 16.7. The molecule has 260 valence electrons. The highest BCUT2D eigenvalue weighted by Gasteiger charge is 2.84. The van der Waals surface area contributed by atoms with E-state index in [1.165, 1.54) is 26.4 Å². The molecule has 4 fully saturated rings. The van der Waals surface area contributed by atoms with Crippen LogP contribution in [0.2, 0.25) is 0 Å². The van der Waals surface area contributed by atoms with E-state index >= 15 is 0 Å². The SMILES string of the molecule is CCCCCCCCCC(=O)O[C@H]1[C@H](O)[C@H](OCC23C[C@@H]4[C@H](C)CC[C@H]4C4(C=O)CC2C=C(C(C)C)C34C(=O)O)O[C@H](C)[C@H]1OC. The minimum absolute atomic E-state index is 0.0208. The van der Waals surface area contributed by atoms with E-state index in [1.807, 2.05) is 13.8 Å². The van der Waals surface area contributed by atoms with Crippen LogP contribution in [0.3, 0.4) is 0 Å². The molecule has 0 aromatic heterocycles. The lowest BCUT2D eigenvalue weighted by Crippen LogP contribution is -2.64. The third-order valence-electron chi connectivity index (χ3n) is 12.9. The number of unbranched alkanes of at least 4 members (excludes halogenated alkanes) is 6. The summed E-state index contributed by atoms with van der Waals surface area (Å²) < 4.78 is 24.1. The third-order valence-corrected chi connectivity index (χ3v) is 12.9. The maximum absolute atomic E-state index is 13.7. The monoisotopic (exact) mass is 646 g/mol. The Hall–Kier alpha value is -1.81. The quantitative estimate of drug-likeness (QED) is 0.0885. The van der Waals surface area contributed by atoms with Crippen molar-refractivity contribution in [2.75, 3.05) is 13.7 Å². The summed E-state index contributed by atoms with van der Waals surface area (Å²) >= 11 is 0. The van der Waals surface area contributed by atoms with Gasteiger partial charge in [-0.15, -0.1) is 0 Å². The number of carbonyl (C=O) groups is 3. The van der Waals surface area contributed by atoms with Crippen molar-refractivity contribution in [1.29, 1.82) is 0 Å². The van der Waals surface area contributed by atoms with Crippen LogP contribution in [0.1, 0.15) is 112 Å². The van der Waals surface area contributed by atoms with Crippen LogP contribution in [0.4, 0.5) is 0 Å². The Kier molecular flexibility index (Phi) is 10.8. The summed E-state index contributed by atoms with van der Waals surface area (Å²) in [5.74, 6) is -0.888. The van der Waals surface area contributed by atoms with Gasteiger partial charge in [0.15, 0.2) is 12.4 Å². The van der Waals surface area contributed by atoms with Gasteiger partial charge in [-0.25, -0.2) is 0 Å². The van der Waals surface area contributed by atoms with Gasteiger partial charge in [-0.05, 0) is 62.2 Å². The van der Waals surface area contributed by atoms with Gasteiger partial charge < -0.3 is 34.0 Å². The second-order valence-electron chi connectivity index (χ2n) is 15.5. The van der Waals surface area contributed by atoms with Crippen LogP contribution in [-0.4, -0.2) is 72.9 Å². The van der Waals surface area contributed by atoms with E-state index < -0.39 is 52.9 Å². The van der Waals surface area contributed by atoms with Crippen LogP contribution in [0.15, 0.2) is 11.6 Å². The fourth-order valence-electron chi connectivity index (χ4n) is 10.9. The number of aliphatic carboxylic acids is 1. The zero-order chi connectivity index (χ0) is 33.4. The van der Waals surface area contributed by atoms with Gasteiger partial charge in [-0.1, -0.05) is 84.3 Å². The first-order valence-corrected chi connectivity index (χ1v) is 18.0. The van der Waals surface area contributed by atoms with Gasteiger partial charge in [-0.2, -0.15) is 0 Å². The first-order chi connectivity index (χ1) is 21.9. The molecule has 2 N–H and O–H groups in total. The molecule has 1 aliphatic heterocycles. The number of rotatable bonds is 16. The molecule has 1 heterocycles. The van der Waals surface area contributed by atoms with Crippen molar-refractivity contribution in [3.63, 3.8) is 0 Å². The van der Waals surface area contributed by atoms with Crippen molar-refractivity contribution in [2.45, 2.75) is 142 Å². The van der Waals surface area contributed by atoms with Crippen molar-refractivity contribution in [2.24, 2.45) is 45.8 Å². The first-order valence-electron chi connectivity index (χ1n) is 18.0. The lowest BCUT2D eigenvalue weighted by atomic mass is 9.43. The van der Waals surface area contributed by atoms with E-state index in [1.54, 1.807) is 6.92 Å². The Bertz CT molecular complexity index is 1150. The van der Waals surface area contributed by atoms with Gasteiger partial charge in [0.05, 0.1) is 18.1 Å². The molecule has 0 aromatic carbocycles. The standard InChI is InChI=1S/C37H58O9/c1-7-8-9-10-11-12-13-14-29(39)46-32-30(40)33(45-24(5)31(32)43-6)44-21-36-19-26-23(4)15-16-27(26)35(20-38)18-25(36)17-28(22(2)3)37(35,36)34(41)42/h17,20,22-27,30-33,40H,7-16,18-19,21H2,1-6H3,(H,41,42)/t23-,24-,25?,26-,27-,30+,31-,32+,33-,35?,36?,37?/m1/s1. The summed E-state index contributed by atoms with van der Waals surface area (Å²) in [6.07, 6.45) is 9.24. The molecule has 1 saturated heterocycles. The number of carboxylic acids is 1. The molecule has 4 aliphatic carbocycles. The molecule has 0 aromatic rings. The van der Waals surface area contributed by atoms with Gasteiger partial charge in [0.2, 0.25) is 0 Å². The van der Waals surface area contributed by atoms with Crippen LogP contribution in [-0.2, 0) is 33.3 Å². The largest absolute Gasteiger partial charge is 0.481 e. The summed E-state index contributed by atoms with van der Waals surface area (Å²) in [5.41, 5.74) is -2.40. The van der Waals surface area contributed by atoms with E-state index in [0.29, 0.717) is 18.8 Å². The molecule has 0 spiro atoms. The molecule has 5 rings (SSSR count). The topological polar surface area (TPSA) is 129 Å². The Morgan fingerprint density at radius 3 is 2.39 bits per heavy atom. The van der Waals surface area contributed by atoms with Crippen molar-refractivity contribution in [3.8, 4) is 0 Å². The van der Waals surface area contributed by atoms with E-state index in [9.17, 15) is 24.6 Å². The Balaban J connectivity index is 1.35. The van der Waals surface area contributed by atoms with E-state index in [4.69, 9.17) is 18.9 Å². The van der Waals surface area contributed by atoms with Crippen molar-refractivity contribution in [1.82, 2.24) is 0 Å². The van der Waals surface area contributed by atoms with Gasteiger partial charge in [0, 0.05) is 18.9 Å². The van der Waals surface area contributed by atoms with E-state index in [-0.39, 0.29) is 42.7 Å². The molecule has 46 heavy (non-hydrogen) atoms. The van der Waals surface area contributed by atoms with Gasteiger partial charge in [0.1, 0.15) is 23.9 Å². The number of ether oxygens (including phenoxy) is 4. The van der Waals surface area contributed by atoms with Gasteiger partial charge in [0.25, 0.3) is 0 Å². The van der Waals surface area contributed by atoms with E-state index in [2.05, 4.69) is 19.9 Å². The minimum Gasteiger partial charge on any atom is -0.481 e. The number of allylic oxidation sites excluding steroid dienone is 1. The molecule has 9 nitrogen and oxygen atoms in total. The molecule has 4 bridgehead atoms. The summed E-state index contributed by atoms with van der Waals surface area (Å²) in [6, 6.07) is 0. The molecule has 4 unspecified atom stereocenters. The lowest BCUT2D eigenvalue weighted by Gasteiger charge is -2.58. The van der Waals surface area contributed by atoms with Crippen molar-refractivity contribution >= 4 is 18.2 Å². The predicted octanol–water partition coefficient (Wildman–Crippen LogP) is 6.10. The van der Waals surface area contributed by atoms with Gasteiger partial charge in [-0.3, -0.25) is 9.59 Å². The molecule has 0 radical (unpaired) electrons. The van der Waals surface area contributed by atoms with Crippen LogP contribution < -0.4 is 0 Å². The molecule has 0 amide bonds. The second-order valence-corrected chi connectivity index (χ2v) is 15.5. The number of aldehydes is 1. The number of fused-ring (bicyclic) bond motifs is 2. The average Bonchev–Trinajstić information content (AvgIpc) is 3.59. The summed E-state index contributed by atoms with van der Waals surface area (Å²) in [7, 11) is 1.50. The Morgan fingerprint density at radius 1 is 1.07 bits per heavy atom. The first kappa shape index (κ1) is 35.5. The van der Waals surface area contributed by atoms with Crippen LogP contribution in [0.25, 0.3) is 0 Å². The molecule has 3 saturated carbocycles. The molecular formula is C37H58O9. The highest BCUT2D eigenvalue weighted by molar-refractivity contribution is 5.90. The number of aliphatic hydroxyl groups is 1. The minimum atomic E-state index is -1.38. The number of aliphatic hydroxyl groups excluding tert-OH is 1. The Morgan fingerprint density at radius 2 is 1.76 bits per heavy atom. The predicted molar refractivity (Wildman–Crippen MR) is 172 cm³/mol. The van der Waals surface area contributed by atoms with Crippen LogP contribution in [0.5, 0.6) is 0 Å². The molecular weight excluding hydrogens is 588 g/mol. The summed E-state index contributed by atoms with van der Waals surface area (Å²) in [5, 5.41) is 22.8. The fourth-order valence-corrected chi connectivity index (χ4v) is 10.9. The number of hydrogen-bond donors (Lipinski definition) is 2. The average molecular weight is 647 g/mol. The summed E-state index contributed by atoms with van der Waals surface area (Å²) in [6.45, 7) is 10.3. The number of hydrogen-bond acceptors (Lipinski definition) is 8. The smallest absolute Gasteiger partial charge is 0.315 e. The normalized spacial score (nSPS) is 42.6. The second kappa shape index (κ2) is 14.0. The Labute approximate surface area is 275 Å². The number of esters is 1. The summed E-state index contributed by atoms with van der Waals surface area (Å²) in [4.78, 5) is 40.0. The molecule has 9 heteroatoms. The fraction of sp³-hybridized carbons (Fsp3) is 0.865. The number of carbonyl (C=O) groups excluding carboxylic acids is 2. The zero-order valence-corrected chi connectivity index (χ0v) is 28.9. The van der Waals surface area contributed by atoms with Crippen molar-refractivity contribution in [3.05, 3.63) is 11.6 Å². The molecule has 12 atom stereocenters. The maximum Gasteiger partial charge on any atom is 0.315 e. The lowest BCUT2D eigenvalue weighted by molar-refractivity contribution is -0.309.